The fraction of sp³-hybridized carbons (Fsp3) is 0.333. The van der Waals surface area contributed by atoms with Gasteiger partial charge in [-0.1, -0.05) is 12.1 Å². The molecular formula is C12H14OS2. The first-order valence-corrected chi connectivity index (χ1v) is 6.64. The van der Waals surface area contributed by atoms with E-state index in [-0.39, 0.29) is 5.92 Å². The van der Waals surface area contributed by atoms with Crippen molar-refractivity contribution < 1.29 is 5.11 Å². The summed E-state index contributed by atoms with van der Waals surface area (Å²) in [5.41, 5.74) is -0.713. The normalized spacial score (nSPS) is 12.3. The van der Waals surface area contributed by atoms with Crippen molar-refractivity contribution in [3.05, 3.63) is 44.8 Å². The van der Waals surface area contributed by atoms with E-state index in [0.29, 0.717) is 0 Å². The van der Waals surface area contributed by atoms with Crippen LogP contribution in [-0.4, -0.2) is 10.7 Å². The van der Waals surface area contributed by atoms with Crippen LogP contribution in [-0.2, 0) is 0 Å². The number of rotatable bonds is 3. The zero-order chi connectivity index (χ0) is 10.9. The van der Waals surface area contributed by atoms with Gasteiger partial charge in [-0.05, 0) is 36.7 Å². The SMILES string of the molecule is CC(C)(O)C(c1cccs1)c1cccs1. The van der Waals surface area contributed by atoms with Crippen LogP contribution in [0, 0.1) is 0 Å². The molecule has 3 heteroatoms. The second kappa shape index (κ2) is 4.08. The molecule has 2 aromatic heterocycles. The Labute approximate surface area is 98.0 Å². The molecule has 0 spiro atoms. The first-order valence-electron chi connectivity index (χ1n) is 4.88. The van der Waals surface area contributed by atoms with Crippen LogP contribution in [0.4, 0.5) is 0 Å². The minimum absolute atomic E-state index is 0.0949. The van der Waals surface area contributed by atoms with Gasteiger partial charge < -0.3 is 5.11 Å². The summed E-state index contributed by atoms with van der Waals surface area (Å²) in [7, 11) is 0. The molecule has 2 rings (SSSR count). The molecule has 0 aromatic carbocycles. The lowest BCUT2D eigenvalue weighted by Crippen LogP contribution is -2.28. The fourth-order valence-electron chi connectivity index (χ4n) is 1.75. The second-order valence-corrected chi connectivity index (χ2v) is 6.08. The lowest BCUT2D eigenvalue weighted by atomic mass is 9.88. The topological polar surface area (TPSA) is 20.2 Å². The predicted molar refractivity (Wildman–Crippen MR) is 66.8 cm³/mol. The maximum atomic E-state index is 10.2. The maximum Gasteiger partial charge on any atom is 0.0716 e. The standard InChI is InChI=1S/C12H14OS2/c1-12(2,13)11(9-5-3-7-14-9)10-6-4-8-15-10/h3-8,11,13H,1-2H3. The van der Waals surface area contributed by atoms with Crippen molar-refractivity contribution in [2.24, 2.45) is 0 Å². The van der Waals surface area contributed by atoms with E-state index in [0.717, 1.165) is 0 Å². The Morgan fingerprint density at radius 1 is 1.07 bits per heavy atom. The lowest BCUT2D eigenvalue weighted by Gasteiger charge is -2.27. The monoisotopic (exact) mass is 238 g/mol. The zero-order valence-corrected chi connectivity index (χ0v) is 10.4. The lowest BCUT2D eigenvalue weighted by molar-refractivity contribution is 0.0648. The highest BCUT2D eigenvalue weighted by Crippen LogP contribution is 2.38. The van der Waals surface area contributed by atoms with Crippen LogP contribution in [0.2, 0.25) is 0 Å². The summed E-state index contributed by atoms with van der Waals surface area (Å²) in [5.74, 6) is 0.0949. The molecular weight excluding hydrogens is 224 g/mol. The average Bonchev–Trinajstić information content (AvgIpc) is 2.73. The Bertz CT molecular complexity index is 361. The van der Waals surface area contributed by atoms with Gasteiger partial charge >= 0.3 is 0 Å². The minimum atomic E-state index is -0.713. The molecule has 0 fully saturated rings. The fourth-order valence-corrected chi connectivity index (χ4v) is 3.87. The smallest absolute Gasteiger partial charge is 0.0716 e. The molecule has 0 saturated carbocycles. The van der Waals surface area contributed by atoms with Crippen LogP contribution < -0.4 is 0 Å². The number of hydrogen-bond donors (Lipinski definition) is 1. The van der Waals surface area contributed by atoms with Crippen molar-refractivity contribution in [2.75, 3.05) is 0 Å². The molecule has 0 aliphatic rings. The minimum Gasteiger partial charge on any atom is -0.389 e. The van der Waals surface area contributed by atoms with Crippen molar-refractivity contribution in [1.82, 2.24) is 0 Å². The molecule has 0 aliphatic carbocycles. The van der Waals surface area contributed by atoms with Crippen molar-refractivity contribution in [3.8, 4) is 0 Å². The molecule has 2 aromatic rings. The van der Waals surface area contributed by atoms with Gasteiger partial charge in [-0.25, -0.2) is 0 Å². The highest BCUT2D eigenvalue weighted by atomic mass is 32.1. The van der Waals surface area contributed by atoms with Gasteiger partial charge in [0.2, 0.25) is 0 Å². The zero-order valence-electron chi connectivity index (χ0n) is 8.81. The van der Waals surface area contributed by atoms with Crippen molar-refractivity contribution in [2.45, 2.75) is 25.4 Å². The highest BCUT2D eigenvalue weighted by molar-refractivity contribution is 7.11. The van der Waals surface area contributed by atoms with Gasteiger partial charge in [-0.15, -0.1) is 22.7 Å². The summed E-state index contributed by atoms with van der Waals surface area (Å²) in [6, 6.07) is 8.25. The second-order valence-electron chi connectivity index (χ2n) is 4.12. The van der Waals surface area contributed by atoms with E-state index in [1.807, 2.05) is 26.0 Å². The van der Waals surface area contributed by atoms with Gasteiger partial charge in [0.25, 0.3) is 0 Å². The van der Waals surface area contributed by atoms with Crippen LogP contribution in [0.5, 0.6) is 0 Å². The van der Waals surface area contributed by atoms with Crippen LogP contribution in [0.15, 0.2) is 35.0 Å². The Hall–Kier alpha value is -0.640. The van der Waals surface area contributed by atoms with Gasteiger partial charge in [-0.3, -0.25) is 0 Å². The van der Waals surface area contributed by atoms with Gasteiger partial charge in [0.05, 0.1) is 11.5 Å². The average molecular weight is 238 g/mol. The Morgan fingerprint density at radius 3 is 1.80 bits per heavy atom. The first kappa shape index (κ1) is 10.9. The van der Waals surface area contributed by atoms with Crippen molar-refractivity contribution in [3.63, 3.8) is 0 Å². The Kier molecular flexibility index (Phi) is 2.96. The molecule has 1 nitrogen and oxygen atoms in total. The molecule has 15 heavy (non-hydrogen) atoms. The summed E-state index contributed by atoms with van der Waals surface area (Å²) in [5, 5.41) is 14.3. The summed E-state index contributed by atoms with van der Waals surface area (Å²) >= 11 is 3.41. The van der Waals surface area contributed by atoms with E-state index >= 15 is 0 Å². The highest BCUT2D eigenvalue weighted by Gasteiger charge is 2.31. The van der Waals surface area contributed by atoms with E-state index in [9.17, 15) is 5.11 Å². The summed E-state index contributed by atoms with van der Waals surface area (Å²) in [6.45, 7) is 3.74. The van der Waals surface area contributed by atoms with E-state index < -0.39 is 5.60 Å². The third-order valence-electron chi connectivity index (χ3n) is 2.36. The molecule has 0 atom stereocenters. The van der Waals surface area contributed by atoms with Crippen LogP contribution in [0.1, 0.15) is 29.5 Å². The summed E-state index contributed by atoms with van der Waals surface area (Å²) in [6.07, 6.45) is 0. The van der Waals surface area contributed by atoms with E-state index in [1.165, 1.54) is 9.75 Å². The van der Waals surface area contributed by atoms with Crippen LogP contribution in [0.3, 0.4) is 0 Å². The number of thiophene rings is 2. The van der Waals surface area contributed by atoms with E-state index in [1.54, 1.807) is 22.7 Å². The number of aliphatic hydroxyl groups is 1. The molecule has 0 amide bonds. The molecule has 0 unspecified atom stereocenters. The first-order chi connectivity index (χ1) is 7.09. The van der Waals surface area contributed by atoms with Gasteiger partial charge in [0.1, 0.15) is 0 Å². The molecule has 0 radical (unpaired) electrons. The van der Waals surface area contributed by atoms with Crippen molar-refractivity contribution in [1.29, 1.82) is 0 Å². The molecule has 0 saturated heterocycles. The summed E-state index contributed by atoms with van der Waals surface area (Å²) < 4.78 is 0. The maximum absolute atomic E-state index is 10.2. The molecule has 2 heterocycles. The van der Waals surface area contributed by atoms with Gasteiger partial charge in [0, 0.05) is 9.75 Å². The Morgan fingerprint density at radius 2 is 1.53 bits per heavy atom. The molecule has 1 N–H and O–H groups in total. The van der Waals surface area contributed by atoms with Crippen molar-refractivity contribution >= 4 is 22.7 Å². The molecule has 80 valence electrons. The quantitative estimate of drug-likeness (QED) is 0.864. The van der Waals surface area contributed by atoms with E-state index in [2.05, 4.69) is 22.9 Å². The summed E-state index contributed by atoms with van der Waals surface area (Å²) in [4.78, 5) is 2.45. The van der Waals surface area contributed by atoms with Crippen LogP contribution in [0.25, 0.3) is 0 Å². The third kappa shape index (κ3) is 2.30. The van der Waals surface area contributed by atoms with Crippen LogP contribution >= 0.6 is 22.7 Å². The largest absolute Gasteiger partial charge is 0.389 e. The van der Waals surface area contributed by atoms with Gasteiger partial charge in [-0.2, -0.15) is 0 Å². The Balaban J connectivity index is 2.42. The van der Waals surface area contributed by atoms with E-state index in [4.69, 9.17) is 0 Å². The molecule has 0 aliphatic heterocycles. The third-order valence-corrected chi connectivity index (χ3v) is 4.24. The molecule has 0 bridgehead atoms. The van der Waals surface area contributed by atoms with Gasteiger partial charge in [0.15, 0.2) is 0 Å². The number of hydrogen-bond acceptors (Lipinski definition) is 3. The predicted octanol–water partition coefficient (Wildman–Crippen LogP) is 3.71.